The molecule has 2 aromatic heterocycles. The second-order valence-electron chi connectivity index (χ2n) is 4.64. The summed E-state index contributed by atoms with van der Waals surface area (Å²) >= 11 is 0. The number of hydrogen-bond donors (Lipinski definition) is 0. The standard InChI is InChI=1S/C13H19N5O/c1-5-17(4)12(19)7-6-11-9(2)16-13-14-8-15-18(13)10(11)3/h8H,5-7H2,1-4H3. The lowest BCUT2D eigenvalue weighted by atomic mass is 10.1. The first-order valence-corrected chi connectivity index (χ1v) is 6.44. The molecule has 0 aromatic carbocycles. The number of aromatic nitrogens is 4. The maximum absolute atomic E-state index is 11.9. The number of carbonyl (C=O) groups is 1. The largest absolute Gasteiger partial charge is 0.346 e. The maximum atomic E-state index is 11.9. The Bertz CT molecular complexity index is 604. The molecule has 0 fully saturated rings. The third-order valence-electron chi connectivity index (χ3n) is 3.48. The van der Waals surface area contributed by atoms with Crippen molar-refractivity contribution in [3.8, 4) is 0 Å². The summed E-state index contributed by atoms with van der Waals surface area (Å²) in [7, 11) is 1.82. The third kappa shape index (κ3) is 2.57. The van der Waals surface area contributed by atoms with E-state index in [-0.39, 0.29) is 5.91 Å². The van der Waals surface area contributed by atoms with Gasteiger partial charge in [-0.05, 0) is 32.8 Å². The summed E-state index contributed by atoms with van der Waals surface area (Å²) < 4.78 is 1.72. The molecule has 0 N–H and O–H groups in total. The fraction of sp³-hybridized carbons (Fsp3) is 0.538. The zero-order valence-electron chi connectivity index (χ0n) is 11.8. The summed E-state index contributed by atoms with van der Waals surface area (Å²) in [6.07, 6.45) is 2.67. The van der Waals surface area contributed by atoms with Crippen LogP contribution in [-0.4, -0.2) is 44.0 Å². The van der Waals surface area contributed by atoms with Crippen molar-refractivity contribution in [2.45, 2.75) is 33.6 Å². The van der Waals surface area contributed by atoms with Gasteiger partial charge in [0.15, 0.2) is 0 Å². The van der Waals surface area contributed by atoms with E-state index in [0.29, 0.717) is 18.6 Å². The Morgan fingerprint density at radius 3 is 2.84 bits per heavy atom. The molecule has 0 spiro atoms. The summed E-state index contributed by atoms with van der Waals surface area (Å²) in [6, 6.07) is 0. The smallest absolute Gasteiger partial charge is 0.252 e. The van der Waals surface area contributed by atoms with E-state index >= 15 is 0 Å². The van der Waals surface area contributed by atoms with Crippen LogP contribution in [0, 0.1) is 13.8 Å². The molecule has 0 bridgehead atoms. The average molecular weight is 261 g/mol. The van der Waals surface area contributed by atoms with Gasteiger partial charge >= 0.3 is 0 Å². The Labute approximate surface area is 112 Å². The second kappa shape index (κ2) is 5.34. The number of amides is 1. The van der Waals surface area contributed by atoms with Crippen molar-refractivity contribution in [3.05, 3.63) is 23.3 Å². The highest BCUT2D eigenvalue weighted by Gasteiger charge is 2.13. The predicted molar refractivity (Wildman–Crippen MR) is 71.9 cm³/mol. The van der Waals surface area contributed by atoms with Crippen molar-refractivity contribution in [1.29, 1.82) is 0 Å². The quantitative estimate of drug-likeness (QED) is 0.828. The van der Waals surface area contributed by atoms with Crippen molar-refractivity contribution in [2.24, 2.45) is 0 Å². The number of rotatable bonds is 4. The first kappa shape index (κ1) is 13.5. The second-order valence-corrected chi connectivity index (χ2v) is 4.64. The molecule has 0 aliphatic carbocycles. The first-order valence-electron chi connectivity index (χ1n) is 6.44. The lowest BCUT2D eigenvalue weighted by Gasteiger charge is -2.15. The van der Waals surface area contributed by atoms with Crippen LogP contribution in [0.2, 0.25) is 0 Å². The van der Waals surface area contributed by atoms with Crippen LogP contribution < -0.4 is 0 Å². The van der Waals surface area contributed by atoms with Crippen LogP contribution in [0.25, 0.3) is 5.78 Å². The molecule has 2 heterocycles. The molecule has 102 valence electrons. The topological polar surface area (TPSA) is 63.4 Å². The molecule has 0 aliphatic rings. The van der Waals surface area contributed by atoms with Crippen molar-refractivity contribution < 1.29 is 4.79 Å². The SMILES string of the molecule is CCN(C)C(=O)CCc1c(C)nc2ncnn2c1C. The number of fused-ring (bicyclic) bond motifs is 1. The molecule has 0 aliphatic heterocycles. The molecule has 0 saturated carbocycles. The number of nitrogens with zero attached hydrogens (tertiary/aromatic N) is 5. The number of carbonyl (C=O) groups excluding carboxylic acids is 1. The zero-order valence-corrected chi connectivity index (χ0v) is 11.8. The Morgan fingerprint density at radius 2 is 2.16 bits per heavy atom. The van der Waals surface area contributed by atoms with Gasteiger partial charge in [0.2, 0.25) is 5.91 Å². The van der Waals surface area contributed by atoms with E-state index < -0.39 is 0 Å². The van der Waals surface area contributed by atoms with Gasteiger partial charge in [0.1, 0.15) is 6.33 Å². The fourth-order valence-corrected chi connectivity index (χ4v) is 2.12. The van der Waals surface area contributed by atoms with E-state index in [0.717, 1.165) is 23.5 Å². The fourth-order valence-electron chi connectivity index (χ4n) is 2.12. The van der Waals surface area contributed by atoms with Gasteiger partial charge in [0.05, 0.1) is 0 Å². The highest BCUT2D eigenvalue weighted by Crippen LogP contribution is 2.15. The van der Waals surface area contributed by atoms with Gasteiger partial charge in [0.25, 0.3) is 5.78 Å². The summed E-state index contributed by atoms with van der Waals surface area (Å²) in [6.45, 7) is 6.64. The van der Waals surface area contributed by atoms with Crippen molar-refractivity contribution >= 4 is 11.7 Å². The van der Waals surface area contributed by atoms with Gasteiger partial charge in [0, 0.05) is 31.4 Å². The van der Waals surface area contributed by atoms with Crippen LogP contribution in [-0.2, 0) is 11.2 Å². The highest BCUT2D eigenvalue weighted by atomic mass is 16.2. The van der Waals surface area contributed by atoms with Crippen LogP contribution in [0.3, 0.4) is 0 Å². The Kier molecular flexibility index (Phi) is 3.78. The average Bonchev–Trinajstić information content (AvgIpc) is 2.85. The normalized spacial score (nSPS) is 10.9. The van der Waals surface area contributed by atoms with E-state index in [2.05, 4.69) is 15.1 Å². The lowest BCUT2D eigenvalue weighted by molar-refractivity contribution is -0.129. The Balaban J connectivity index is 2.23. The molecule has 6 nitrogen and oxygen atoms in total. The van der Waals surface area contributed by atoms with Gasteiger partial charge < -0.3 is 4.90 Å². The van der Waals surface area contributed by atoms with Gasteiger partial charge in [-0.3, -0.25) is 4.79 Å². The van der Waals surface area contributed by atoms with Crippen LogP contribution in [0.1, 0.15) is 30.3 Å². The minimum Gasteiger partial charge on any atom is -0.346 e. The number of aryl methyl sites for hydroxylation is 2. The van der Waals surface area contributed by atoms with Crippen molar-refractivity contribution in [2.75, 3.05) is 13.6 Å². The van der Waals surface area contributed by atoms with Gasteiger partial charge in [-0.2, -0.15) is 10.1 Å². The molecular weight excluding hydrogens is 242 g/mol. The molecule has 0 saturated heterocycles. The summed E-state index contributed by atoms with van der Waals surface area (Å²) in [5.41, 5.74) is 3.01. The van der Waals surface area contributed by atoms with E-state index in [1.165, 1.54) is 6.33 Å². The molecule has 2 aromatic rings. The monoisotopic (exact) mass is 261 g/mol. The molecule has 0 radical (unpaired) electrons. The molecule has 1 amide bonds. The van der Waals surface area contributed by atoms with Crippen molar-refractivity contribution in [1.82, 2.24) is 24.5 Å². The molecular formula is C13H19N5O. The van der Waals surface area contributed by atoms with Crippen LogP contribution in [0.15, 0.2) is 6.33 Å². The van der Waals surface area contributed by atoms with Gasteiger partial charge in [-0.1, -0.05) is 0 Å². The van der Waals surface area contributed by atoms with Gasteiger partial charge in [-0.15, -0.1) is 0 Å². The van der Waals surface area contributed by atoms with Gasteiger partial charge in [-0.25, -0.2) is 9.50 Å². The molecule has 0 atom stereocenters. The molecule has 19 heavy (non-hydrogen) atoms. The summed E-state index contributed by atoms with van der Waals surface area (Å²) in [4.78, 5) is 22.1. The first-order chi connectivity index (χ1) is 9.04. The molecule has 6 heteroatoms. The summed E-state index contributed by atoms with van der Waals surface area (Å²) in [5.74, 6) is 0.760. The van der Waals surface area contributed by atoms with E-state index in [9.17, 15) is 4.79 Å². The van der Waals surface area contributed by atoms with Crippen LogP contribution >= 0.6 is 0 Å². The van der Waals surface area contributed by atoms with Crippen molar-refractivity contribution in [3.63, 3.8) is 0 Å². The van der Waals surface area contributed by atoms with E-state index in [4.69, 9.17) is 0 Å². The van der Waals surface area contributed by atoms with Crippen LogP contribution in [0.5, 0.6) is 0 Å². The maximum Gasteiger partial charge on any atom is 0.252 e. The molecule has 0 unspecified atom stereocenters. The third-order valence-corrected chi connectivity index (χ3v) is 3.48. The Hall–Kier alpha value is -1.98. The molecule has 2 rings (SSSR count). The predicted octanol–water partition coefficient (Wildman–Crippen LogP) is 1.15. The minimum absolute atomic E-state index is 0.153. The zero-order chi connectivity index (χ0) is 14.0. The van der Waals surface area contributed by atoms with E-state index in [1.54, 1.807) is 9.42 Å². The highest BCUT2D eigenvalue weighted by molar-refractivity contribution is 5.76. The number of hydrogen-bond acceptors (Lipinski definition) is 4. The van der Waals surface area contributed by atoms with Crippen LogP contribution in [0.4, 0.5) is 0 Å². The lowest BCUT2D eigenvalue weighted by Crippen LogP contribution is -2.26. The van der Waals surface area contributed by atoms with E-state index in [1.807, 2.05) is 27.8 Å². The summed E-state index contributed by atoms with van der Waals surface area (Å²) in [5, 5.41) is 4.15. The Morgan fingerprint density at radius 1 is 1.42 bits per heavy atom. The minimum atomic E-state index is 0.153.